The number of carbonyl (C=O) groups excluding carboxylic acids is 1. The maximum Gasteiger partial charge on any atom is 0.283 e. The second-order valence-corrected chi connectivity index (χ2v) is 7.38. The molecule has 1 aliphatic rings. The van der Waals surface area contributed by atoms with E-state index in [9.17, 15) is 4.79 Å². The fourth-order valence-corrected chi connectivity index (χ4v) is 3.83. The highest BCUT2D eigenvalue weighted by molar-refractivity contribution is 7.18. The second kappa shape index (κ2) is 7.84. The van der Waals surface area contributed by atoms with E-state index in [-0.39, 0.29) is 12.7 Å². The average Bonchev–Trinajstić information content (AvgIpc) is 3.37. The Morgan fingerprint density at radius 3 is 2.66 bits per heavy atom. The first kappa shape index (κ1) is 18.8. The van der Waals surface area contributed by atoms with Crippen LogP contribution < -0.4 is 25.4 Å². The summed E-state index contributed by atoms with van der Waals surface area (Å²) in [7, 11) is 1.62. The largest absolute Gasteiger partial charge is 0.497 e. The first-order valence-electron chi connectivity index (χ1n) is 8.83. The normalized spacial score (nSPS) is 12.7. The van der Waals surface area contributed by atoms with E-state index in [0.717, 1.165) is 21.8 Å². The summed E-state index contributed by atoms with van der Waals surface area (Å²) in [6, 6.07) is 14.9. The number of rotatable bonds is 5. The van der Waals surface area contributed by atoms with Crippen molar-refractivity contribution in [2.24, 2.45) is 5.10 Å². The number of hydrazone groups is 1. The fraction of sp³-hybridized carbons (Fsp3) is 0.143. The number of nitrogens with two attached hydrogens (primary N) is 1. The molecule has 0 fully saturated rings. The van der Waals surface area contributed by atoms with Gasteiger partial charge >= 0.3 is 0 Å². The lowest BCUT2D eigenvalue weighted by Gasteiger charge is -2.04. The van der Waals surface area contributed by atoms with Crippen molar-refractivity contribution in [2.75, 3.05) is 19.6 Å². The van der Waals surface area contributed by atoms with E-state index in [1.54, 1.807) is 20.1 Å². The van der Waals surface area contributed by atoms with Gasteiger partial charge in [-0.1, -0.05) is 0 Å². The zero-order chi connectivity index (χ0) is 20.4. The predicted octanol–water partition coefficient (Wildman–Crippen LogP) is 3.89. The maximum absolute atomic E-state index is 12.6. The van der Waals surface area contributed by atoms with Crippen LogP contribution in [0.1, 0.15) is 22.2 Å². The Morgan fingerprint density at radius 1 is 1.14 bits per heavy atom. The number of benzene rings is 2. The molecule has 2 heterocycles. The van der Waals surface area contributed by atoms with Gasteiger partial charge in [0.1, 0.15) is 10.6 Å². The predicted molar refractivity (Wildman–Crippen MR) is 113 cm³/mol. The van der Waals surface area contributed by atoms with E-state index in [0.29, 0.717) is 27.8 Å². The lowest BCUT2D eigenvalue weighted by molar-refractivity contribution is 0.0959. The molecular weight excluding hydrogens is 390 g/mol. The molecule has 2 aromatic carbocycles. The zero-order valence-electron chi connectivity index (χ0n) is 15.9. The van der Waals surface area contributed by atoms with Crippen LogP contribution in [0.25, 0.3) is 10.4 Å². The molecule has 29 heavy (non-hydrogen) atoms. The lowest BCUT2D eigenvalue weighted by atomic mass is 10.1. The minimum absolute atomic E-state index is 0.208. The summed E-state index contributed by atoms with van der Waals surface area (Å²) < 4.78 is 15.8. The molecule has 0 saturated carbocycles. The van der Waals surface area contributed by atoms with E-state index in [1.165, 1.54) is 11.3 Å². The van der Waals surface area contributed by atoms with Gasteiger partial charge < -0.3 is 19.9 Å². The van der Waals surface area contributed by atoms with Gasteiger partial charge in [-0.25, -0.2) is 5.43 Å². The van der Waals surface area contributed by atoms with E-state index in [2.05, 4.69) is 10.5 Å². The van der Waals surface area contributed by atoms with E-state index < -0.39 is 0 Å². The maximum atomic E-state index is 12.6. The summed E-state index contributed by atoms with van der Waals surface area (Å²) in [4.78, 5) is 13.9. The molecule has 3 aromatic rings. The minimum Gasteiger partial charge on any atom is -0.497 e. The first-order chi connectivity index (χ1) is 14.0. The highest BCUT2D eigenvalue weighted by Gasteiger charge is 2.17. The number of nitrogens with one attached hydrogen (secondary N) is 1. The summed E-state index contributed by atoms with van der Waals surface area (Å²) >= 11 is 1.31. The molecule has 3 N–H and O–H groups in total. The number of nitrogen functional groups attached to an aromatic ring is 1. The Bertz CT molecular complexity index is 1090. The van der Waals surface area contributed by atoms with E-state index in [1.807, 2.05) is 42.5 Å². The quantitative estimate of drug-likeness (QED) is 0.492. The summed E-state index contributed by atoms with van der Waals surface area (Å²) in [6.07, 6.45) is 0. The van der Waals surface area contributed by atoms with Crippen LogP contribution in [-0.4, -0.2) is 25.5 Å². The smallest absolute Gasteiger partial charge is 0.283 e. The molecule has 4 rings (SSSR count). The number of anilines is 1. The van der Waals surface area contributed by atoms with Crippen LogP contribution in [0.2, 0.25) is 0 Å². The highest BCUT2D eigenvalue weighted by Crippen LogP contribution is 2.34. The van der Waals surface area contributed by atoms with Gasteiger partial charge in [-0.05, 0) is 61.0 Å². The molecule has 0 bridgehead atoms. The number of nitrogens with zero attached hydrogens (tertiary/aromatic N) is 1. The van der Waals surface area contributed by atoms with Crippen LogP contribution in [0.3, 0.4) is 0 Å². The number of hydrogen-bond acceptors (Lipinski definition) is 7. The second-order valence-electron chi connectivity index (χ2n) is 6.33. The third kappa shape index (κ3) is 3.88. The van der Waals surface area contributed by atoms with Crippen molar-refractivity contribution in [3.05, 3.63) is 59.0 Å². The van der Waals surface area contributed by atoms with Crippen LogP contribution in [0.5, 0.6) is 17.2 Å². The van der Waals surface area contributed by atoms with E-state index >= 15 is 0 Å². The molecule has 0 atom stereocenters. The topological polar surface area (TPSA) is 95.2 Å². The van der Waals surface area contributed by atoms with Crippen molar-refractivity contribution in [1.29, 1.82) is 0 Å². The molecular formula is C21H19N3O4S. The lowest BCUT2D eigenvalue weighted by Crippen LogP contribution is -2.19. The van der Waals surface area contributed by atoms with Gasteiger partial charge in [0.2, 0.25) is 6.79 Å². The van der Waals surface area contributed by atoms with Crippen LogP contribution in [0.4, 0.5) is 5.69 Å². The van der Waals surface area contributed by atoms with Crippen molar-refractivity contribution in [2.45, 2.75) is 6.92 Å². The van der Waals surface area contributed by atoms with Gasteiger partial charge in [-0.3, -0.25) is 4.79 Å². The summed E-state index contributed by atoms with van der Waals surface area (Å²) in [5, 5.41) is 4.20. The third-order valence-electron chi connectivity index (χ3n) is 4.46. The number of thiophene rings is 1. The molecule has 0 unspecified atom stereocenters. The third-order valence-corrected chi connectivity index (χ3v) is 5.66. The fourth-order valence-electron chi connectivity index (χ4n) is 2.85. The van der Waals surface area contributed by atoms with Crippen LogP contribution in [-0.2, 0) is 0 Å². The summed E-state index contributed by atoms with van der Waals surface area (Å²) in [5.41, 5.74) is 11.5. The Hall–Kier alpha value is -3.52. The molecule has 148 valence electrons. The van der Waals surface area contributed by atoms with Gasteiger partial charge in [-0.2, -0.15) is 5.10 Å². The van der Waals surface area contributed by atoms with Gasteiger partial charge in [-0.15, -0.1) is 11.3 Å². The molecule has 1 aromatic heterocycles. The molecule has 0 spiro atoms. The van der Waals surface area contributed by atoms with Crippen molar-refractivity contribution in [3.8, 4) is 27.7 Å². The number of amides is 1. The number of carbonyl (C=O) groups is 1. The molecule has 7 nitrogen and oxygen atoms in total. The molecule has 0 radical (unpaired) electrons. The van der Waals surface area contributed by atoms with Crippen molar-refractivity contribution < 1.29 is 19.0 Å². The van der Waals surface area contributed by atoms with E-state index in [4.69, 9.17) is 19.9 Å². The highest BCUT2D eigenvalue weighted by atomic mass is 32.1. The van der Waals surface area contributed by atoms with Gasteiger partial charge in [0.05, 0.1) is 18.5 Å². The summed E-state index contributed by atoms with van der Waals surface area (Å²) in [6.45, 7) is 2.01. The Kier molecular flexibility index (Phi) is 5.09. The molecule has 0 saturated heterocycles. The molecule has 1 amide bonds. The monoisotopic (exact) mass is 409 g/mol. The number of ether oxygens (including phenoxy) is 3. The number of methoxy groups -OCH3 is 1. The minimum atomic E-state index is -0.354. The first-order valence-corrected chi connectivity index (χ1v) is 9.65. The Labute approximate surface area is 171 Å². The van der Waals surface area contributed by atoms with Crippen LogP contribution in [0, 0.1) is 0 Å². The van der Waals surface area contributed by atoms with Gasteiger partial charge in [0.15, 0.2) is 11.5 Å². The molecule has 8 heteroatoms. The Morgan fingerprint density at radius 2 is 1.90 bits per heavy atom. The van der Waals surface area contributed by atoms with Crippen molar-refractivity contribution in [1.82, 2.24) is 5.43 Å². The van der Waals surface area contributed by atoms with Gasteiger partial charge in [0.25, 0.3) is 5.91 Å². The number of hydrogen-bond donors (Lipinski definition) is 2. The standard InChI is InChI=1S/C21H19N3O4S/c1-12(14-5-8-17-18(9-14)28-11-27-17)23-24-21(25)20-16(22)10-19(29-20)13-3-6-15(26-2)7-4-13/h3-10H,11,22H2,1-2H3,(H,24,25)/b23-12-. The van der Waals surface area contributed by atoms with Crippen LogP contribution in [0.15, 0.2) is 53.6 Å². The SMILES string of the molecule is COc1ccc(-c2cc(N)c(C(=O)N/N=C(/C)c3ccc4c(c3)OCO4)s2)cc1. The van der Waals surface area contributed by atoms with Gasteiger partial charge in [0, 0.05) is 10.4 Å². The van der Waals surface area contributed by atoms with Crippen molar-refractivity contribution >= 4 is 28.6 Å². The van der Waals surface area contributed by atoms with Crippen LogP contribution >= 0.6 is 11.3 Å². The van der Waals surface area contributed by atoms with Crippen molar-refractivity contribution in [3.63, 3.8) is 0 Å². The average molecular weight is 409 g/mol. The zero-order valence-corrected chi connectivity index (χ0v) is 16.7. The molecule has 1 aliphatic heterocycles. The number of fused-ring (bicyclic) bond motifs is 1. The Balaban J connectivity index is 1.49. The molecule has 0 aliphatic carbocycles. The summed E-state index contributed by atoms with van der Waals surface area (Å²) in [5.74, 6) is 1.77.